The maximum Gasteiger partial charge on any atom is 0.237 e. The summed E-state index contributed by atoms with van der Waals surface area (Å²) in [6, 6.07) is 53.6. The number of hydrogen-bond acceptors (Lipinski definition) is 2. The van der Waals surface area contributed by atoms with Gasteiger partial charge in [-0.15, -0.1) is 0 Å². The van der Waals surface area contributed by atoms with Crippen LogP contribution in [-0.4, -0.2) is 23.7 Å². The fraction of sp³-hybridized carbons (Fsp3) is 0.0612. The summed E-state index contributed by atoms with van der Waals surface area (Å²) in [7, 11) is 0. The number of rotatable bonds is 6. The Hall–Kier alpha value is -6.98. The molecule has 5 heteroatoms. The van der Waals surface area contributed by atoms with Crippen molar-refractivity contribution in [2.45, 2.75) is 20.8 Å². The predicted molar refractivity (Wildman–Crippen MR) is 229 cm³/mol. The highest BCUT2D eigenvalue weighted by atomic mass is 15.2. The topological polar surface area (TPSA) is 40.6 Å². The number of nitrogens with zero attached hydrogens (tertiary/aromatic N) is 5. The van der Waals surface area contributed by atoms with Gasteiger partial charge < -0.3 is 4.57 Å². The van der Waals surface area contributed by atoms with Crippen LogP contribution in [0.4, 0.5) is 0 Å². The van der Waals surface area contributed by atoms with Crippen LogP contribution in [0, 0.1) is 0 Å². The van der Waals surface area contributed by atoms with E-state index >= 15 is 0 Å². The second kappa shape index (κ2) is 13.5. The second-order valence-corrected chi connectivity index (χ2v) is 13.1. The predicted octanol–water partition coefficient (Wildman–Crippen LogP) is 13.0. The Kier molecular flexibility index (Phi) is 8.24. The minimum absolute atomic E-state index is 0.596. The molecule has 0 amide bonds. The van der Waals surface area contributed by atoms with Gasteiger partial charge in [-0.1, -0.05) is 136 Å². The van der Waals surface area contributed by atoms with E-state index in [1.807, 2.05) is 26.8 Å². The van der Waals surface area contributed by atoms with Crippen molar-refractivity contribution in [3.05, 3.63) is 176 Å². The van der Waals surface area contributed by atoms with Crippen molar-refractivity contribution in [3.63, 3.8) is 0 Å². The first kappa shape index (κ1) is 32.9. The lowest BCUT2D eigenvalue weighted by molar-refractivity contribution is 0.926. The highest BCUT2D eigenvalue weighted by Gasteiger charge is 2.21. The fourth-order valence-electron chi connectivity index (χ4n) is 7.97. The number of allylic oxidation sites excluding steroid dienone is 1. The molecular weight excluding hydrogens is 659 g/mol. The molecule has 0 N–H and O–H groups in total. The summed E-state index contributed by atoms with van der Waals surface area (Å²) in [6.07, 6.45) is 6.11. The molecule has 0 spiro atoms. The Morgan fingerprint density at radius 2 is 0.944 bits per heavy atom. The number of fused-ring (bicyclic) bond motifs is 7. The zero-order valence-corrected chi connectivity index (χ0v) is 30.6. The molecule has 5 nitrogen and oxygen atoms in total. The molecule has 260 valence electrons. The molecule has 0 aliphatic rings. The number of hydrogen-bond donors (Lipinski definition) is 0. The Labute approximate surface area is 314 Å². The van der Waals surface area contributed by atoms with Gasteiger partial charge in [0, 0.05) is 49.8 Å². The van der Waals surface area contributed by atoms with Gasteiger partial charge in [-0.2, -0.15) is 4.98 Å². The van der Waals surface area contributed by atoms with Crippen LogP contribution in [-0.2, 0) is 0 Å². The van der Waals surface area contributed by atoms with Crippen LogP contribution in [0.25, 0.3) is 95.4 Å². The van der Waals surface area contributed by atoms with E-state index < -0.39 is 0 Å². The molecule has 0 fully saturated rings. The first-order chi connectivity index (χ1) is 26.7. The lowest BCUT2D eigenvalue weighted by atomic mass is 10.1. The van der Waals surface area contributed by atoms with Gasteiger partial charge in [0.05, 0.1) is 39.0 Å². The van der Waals surface area contributed by atoms with E-state index in [0.29, 0.717) is 5.95 Å². The summed E-state index contributed by atoms with van der Waals surface area (Å²) in [4.78, 5) is 10.7. The van der Waals surface area contributed by atoms with Gasteiger partial charge in [-0.05, 0) is 55.5 Å². The minimum atomic E-state index is 0.596. The molecule has 54 heavy (non-hydrogen) atoms. The first-order valence-electron chi connectivity index (χ1n) is 18.6. The molecule has 0 atom stereocenters. The molecule has 0 saturated carbocycles. The molecule has 0 aliphatic heterocycles. The maximum atomic E-state index is 5.38. The highest BCUT2D eigenvalue weighted by Crippen LogP contribution is 2.36. The van der Waals surface area contributed by atoms with Gasteiger partial charge in [-0.25, -0.2) is 4.98 Å². The molecule has 6 aromatic carbocycles. The van der Waals surface area contributed by atoms with Crippen LogP contribution in [0.3, 0.4) is 0 Å². The monoisotopic (exact) mass is 697 g/mol. The number of aromatic nitrogens is 5. The van der Waals surface area contributed by atoms with Crippen molar-refractivity contribution >= 4 is 66.7 Å². The Bertz CT molecular complexity index is 2940. The van der Waals surface area contributed by atoms with E-state index in [0.717, 1.165) is 56.0 Å². The first-order valence-corrected chi connectivity index (χ1v) is 18.6. The largest absolute Gasteiger partial charge is 0.309 e. The Morgan fingerprint density at radius 1 is 0.500 bits per heavy atom. The van der Waals surface area contributed by atoms with Gasteiger partial charge in [0.25, 0.3) is 0 Å². The van der Waals surface area contributed by atoms with Crippen molar-refractivity contribution in [1.82, 2.24) is 23.7 Å². The summed E-state index contributed by atoms with van der Waals surface area (Å²) in [5.41, 5.74) is 10.6. The minimum Gasteiger partial charge on any atom is -0.309 e. The van der Waals surface area contributed by atoms with E-state index in [1.54, 1.807) is 0 Å². The Morgan fingerprint density at radius 3 is 1.43 bits per heavy atom. The third kappa shape index (κ3) is 5.08. The molecule has 10 rings (SSSR count). The lowest BCUT2D eigenvalue weighted by Gasteiger charge is -2.15. The summed E-state index contributed by atoms with van der Waals surface area (Å²) >= 11 is 0. The van der Waals surface area contributed by atoms with Gasteiger partial charge >= 0.3 is 0 Å². The van der Waals surface area contributed by atoms with Crippen LogP contribution in [0.5, 0.6) is 0 Å². The van der Waals surface area contributed by atoms with E-state index in [4.69, 9.17) is 9.97 Å². The van der Waals surface area contributed by atoms with Gasteiger partial charge in [0.1, 0.15) is 5.82 Å². The summed E-state index contributed by atoms with van der Waals surface area (Å²) in [5.74, 6) is 1.39. The molecule has 4 heterocycles. The highest BCUT2D eigenvalue weighted by molar-refractivity contribution is 6.10. The van der Waals surface area contributed by atoms with Gasteiger partial charge in [-0.3, -0.25) is 9.13 Å². The van der Waals surface area contributed by atoms with Crippen LogP contribution in [0.15, 0.2) is 164 Å². The fourth-order valence-corrected chi connectivity index (χ4v) is 7.97. The van der Waals surface area contributed by atoms with Gasteiger partial charge in [0.2, 0.25) is 5.95 Å². The second-order valence-electron chi connectivity index (χ2n) is 13.1. The number of benzene rings is 6. The van der Waals surface area contributed by atoms with E-state index in [-0.39, 0.29) is 0 Å². The normalized spacial score (nSPS) is 11.6. The third-order valence-electron chi connectivity index (χ3n) is 10.2. The molecule has 0 radical (unpaired) electrons. The molecule has 0 bridgehead atoms. The van der Waals surface area contributed by atoms with Crippen LogP contribution >= 0.6 is 0 Å². The van der Waals surface area contributed by atoms with Crippen molar-refractivity contribution < 1.29 is 0 Å². The van der Waals surface area contributed by atoms with E-state index in [2.05, 4.69) is 184 Å². The van der Waals surface area contributed by atoms with Crippen molar-refractivity contribution in [3.8, 4) is 28.7 Å². The van der Waals surface area contributed by atoms with Crippen LogP contribution < -0.4 is 0 Å². The van der Waals surface area contributed by atoms with E-state index in [9.17, 15) is 0 Å². The molecule has 4 aromatic heterocycles. The summed E-state index contributed by atoms with van der Waals surface area (Å²) < 4.78 is 6.77. The lowest BCUT2D eigenvalue weighted by Crippen LogP contribution is -2.08. The third-order valence-corrected chi connectivity index (χ3v) is 10.2. The van der Waals surface area contributed by atoms with Crippen LogP contribution in [0.2, 0.25) is 0 Å². The van der Waals surface area contributed by atoms with Crippen molar-refractivity contribution in [2.24, 2.45) is 0 Å². The SMILES string of the molecule is C=Cc1c(/C=C\C)n(-c2nc(-c3ccc(-n4c5ccccc5c5ccccc54)cc3)cc(-n3c4ccccc4c4ccccc43)n2)c2ccccc12.CC. The quantitative estimate of drug-likeness (QED) is 0.174. The summed E-state index contributed by atoms with van der Waals surface area (Å²) in [5, 5.41) is 5.96. The Balaban J connectivity index is 0.00000189. The van der Waals surface area contributed by atoms with Gasteiger partial charge in [0.15, 0.2) is 0 Å². The molecule has 0 saturated heterocycles. The van der Waals surface area contributed by atoms with E-state index in [1.165, 1.54) is 32.6 Å². The molecule has 10 aromatic rings. The molecule has 0 unspecified atom stereocenters. The number of para-hydroxylation sites is 5. The van der Waals surface area contributed by atoms with Crippen LogP contribution in [0.1, 0.15) is 32.0 Å². The van der Waals surface area contributed by atoms with Crippen molar-refractivity contribution in [2.75, 3.05) is 0 Å². The summed E-state index contributed by atoms with van der Waals surface area (Å²) in [6.45, 7) is 10.2. The molecular formula is C49H39N5. The zero-order chi connectivity index (χ0) is 36.8. The molecule has 0 aliphatic carbocycles. The zero-order valence-electron chi connectivity index (χ0n) is 30.6. The van der Waals surface area contributed by atoms with Crippen molar-refractivity contribution in [1.29, 1.82) is 0 Å². The average Bonchev–Trinajstić information content (AvgIpc) is 3.87. The smallest absolute Gasteiger partial charge is 0.237 e. The average molecular weight is 698 g/mol. The maximum absolute atomic E-state index is 5.38. The standard InChI is InChI=1S/C47H33N5.C2H6/c1-3-15-40-33(4-2)34-16-5-14-25-45(34)52(40)47-48-39(30-46(49-47)51-43-23-12-8-19-37(43)38-20-9-13-24-44(38)51)31-26-28-32(29-27-31)50-41-21-10-6-17-35(41)36-18-7-11-22-42(36)50;1-2/h3-30H,2H2,1H3;1-2H3/b15-3-;.